The molecule has 2 N–H and O–H groups in total. The van der Waals surface area contributed by atoms with Gasteiger partial charge < -0.3 is 14.4 Å². The summed E-state index contributed by atoms with van der Waals surface area (Å²) >= 11 is 0. The van der Waals surface area contributed by atoms with Gasteiger partial charge in [0, 0.05) is 50.5 Å². The minimum absolute atomic E-state index is 0.155. The van der Waals surface area contributed by atoms with Gasteiger partial charge in [-0.2, -0.15) is 8.42 Å². The van der Waals surface area contributed by atoms with Gasteiger partial charge >= 0.3 is 5.97 Å². The molecule has 5 aromatic rings. The molecule has 0 aromatic heterocycles. The number of rotatable bonds is 6. The first-order valence-corrected chi connectivity index (χ1v) is 18.7. The van der Waals surface area contributed by atoms with E-state index < -0.39 is 16.1 Å². The fourth-order valence-electron chi connectivity index (χ4n) is 7.80. The average molecular weight is 711 g/mol. The Balaban J connectivity index is 1.51. The van der Waals surface area contributed by atoms with Crippen molar-refractivity contribution >= 4 is 65.7 Å². The Labute approximate surface area is 301 Å². The molecule has 2 aliphatic heterocycles. The van der Waals surface area contributed by atoms with Gasteiger partial charge in [0.05, 0.1) is 27.2 Å². The van der Waals surface area contributed by atoms with Crippen molar-refractivity contribution in [2.24, 2.45) is 4.99 Å². The Kier molecular flexibility index (Phi) is 7.61. The Morgan fingerprint density at radius 2 is 1.48 bits per heavy atom. The standard InChI is InChI=1S/C43H38N2O6S/c1-6-42(2,3)35-37(44-26-17-15-25(16-18-26)41(46)47)31-13-9-7-11-29(31)33-23-34-30-12-8-10-14-32(30)38-36(40(34)51-39(33)35)43(4,5)24-45(38)27-19-21-28(22-20-27)52(48,49)50/h7-23H,6,24H2,1-5H3,(H,46,47)(H,48,49,50)/b44-37+. The van der Waals surface area contributed by atoms with E-state index in [1.807, 2.05) is 24.3 Å². The van der Waals surface area contributed by atoms with Crippen LogP contribution in [0.15, 0.2) is 117 Å². The van der Waals surface area contributed by atoms with Crippen LogP contribution < -0.4 is 10.3 Å². The zero-order valence-corrected chi connectivity index (χ0v) is 30.4. The number of hydrogen-bond acceptors (Lipinski definition) is 6. The molecular formula is C43H38N2O6S. The van der Waals surface area contributed by atoms with Gasteiger partial charge in [-0.3, -0.25) is 4.55 Å². The lowest BCUT2D eigenvalue weighted by Crippen LogP contribution is -2.28. The number of carboxylic acid groups (broad SMARTS) is 1. The average Bonchev–Trinajstić information content (AvgIpc) is 3.42. The second kappa shape index (κ2) is 11.8. The molecule has 1 aliphatic carbocycles. The molecule has 0 radical (unpaired) electrons. The molecule has 3 aliphatic rings. The van der Waals surface area contributed by atoms with Gasteiger partial charge in [0.25, 0.3) is 10.1 Å². The van der Waals surface area contributed by atoms with Crippen molar-refractivity contribution in [2.75, 3.05) is 11.4 Å². The summed E-state index contributed by atoms with van der Waals surface area (Å²) in [6.07, 6.45) is 0.809. The zero-order valence-electron chi connectivity index (χ0n) is 29.6. The quantitative estimate of drug-likeness (QED) is 0.100. The predicted octanol–water partition coefficient (Wildman–Crippen LogP) is 10.1. The first-order valence-electron chi connectivity index (χ1n) is 17.3. The lowest BCUT2D eigenvalue weighted by molar-refractivity contribution is 0.0697. The lowest BCUT2D eigenvalue weighted by Gasteiger charge is -2.29. The van der Waals surface area contributed by atoms with Gasteiger partial charge in [0.15, 0.2) is 0 Å². The van der Waals surface area contributed by atoms with Crippen molar-refractivity contribution in [1.29, 1.82) is 0 Å². The van der Waals surface area contributed by atoms with E-state index in [4.69, 9.17) is 9.41 Å². The molecule has 9 heteroatoms. The molecule has 8 rings (SSSR count). The first-order chi connectivity index (χ1) is 24.7. The number of benzene rings is 6. The molecule has 0 saturated carbocycles. The monoisotopic (exact) mass is 710 g/mol. The third-order valence-corrected chi connectivity index (χ3v) is 11.6. The number of aromatic carboxylic acids is 1. The highest BCUT2D eigenvalue weighted by Crippen LogP contribution is 2.54. The Bertz CT molecular complexity index is 2750. The SMILES string of the molecule is CCC(C)(C)c1c2oc3c4c(c5ccccc5c3cc-2c2ccccc2/c1=N\c1ccc(C(=O)O)cc1)N(c1ccc(S(=O)(=O)O)cc1)CC4(C)C. The summed E-state index contributed by atoms with van der Waals surface area (Å²) in [6, 6.07) is 31.8. The summed E-state index contributed by atoms with van der Waals surface area (Å²) in [7, 11) is -4.34. The second-order valence-electron chi connectivity index (χ2n) is 14.9. The molecule has 0 bridgehead atoms. The van der Waals surface area contributed by atoms with Crippen LogP contribution in [0, 0.1) is 0 Å². The summed E-state index contributed by atoms with van der Waals surface area (Å²) in [6.45, 7) is 11.6. The molecule has 262 valence electrons. The van der Waals surface area contributed by atoms with Gasteiger partial charge in [-0.15, -0.1) is 0 Å². The summed E-state index contributed by atoms with van der Waals surface area (Å²) in [5.41, 5.74) is 5.69. The largest absolute Gasteiger partial charge is 0.478 e. The fraction of sp³-hybridized carbons (Fsp3) is 0.209. The van der Waals surface area contributed by atoms with Crippen LogP contribution in [0.25, 0.3) is 43.8 Å². The van der Waals surface area contributed by atoms with Crippen LogP contribution in [-0.4, -0.2) is 30.6 Å². The van der Waals surface area contributed by atoms with Crippen molar-refractivity contribution in [3.63, 3.8) is 0 Å². The summed E-state index contributed by atoms with van der Waals surface area (Å²) in [5, 5.41) is 15.4. The smallest absolute Gasteiger partial charge is 0.335 e. The van der Waals surface area contributed by atoms with E-state index in [1.54, 1.807) is 36.4 Å². The molecule has 0 spiro atoms. The van der Waals surface area contributed by atoms with Gasteiger partial charge in [-0.25, -0.2) is 9.79 Å². The van der Waals surface area contributed by atoms with Crippen molar-refractivity contribution in [2.45, 2.75) is 56.8 Å². The van der Waals surface area contributed by atoms with Crippen molar-refractivity contribution in [3.8, 4) is 11.3 Å². The minimum Gasteiger partial charge on any atom is -0.478 e. The van der Waals surface area contributed by atoms with Crippen LogP contribution in [0.2, 0.25) is 0 Å². The number of nitrogens with zero attached hydrogens (tertiary/aromatic N) is 2. The van der Waals surface area contributed by atoms with E-state index in [0.29, 0.717) is 12.2 Å². The maximum absolute atomic E-state index is 11.9. The van der Waals surface area contributed by atoms with E-state index >= 15 is 0 Å². The van der Waals surface area contributed by atoms with E-state index in [-0.39, 0.29) is 21.3 Å². The topological polar surface area (TPSA) is 120 Å². The highest BCUT2D eigenvalue weighted by Gasteiger charge is 2.41. The van der Waals surface area contributed by atoms with Gasteiger partial charge in [-0.1, -0.05) is 83.1 Å². The van der Waals surface area contributed by atoms with E-state index in [2.05, 4.69) is 69.9 Å². The van der Waals surface area contributed by atoms with Gasteiger partial charge in [0.2, 0.25) is 0 Å². The van der Waals surface area contributed by atoms with Crippen LogP contribution in [0.1, 0.15) is 62.5 Å². The van der Waals surface area contributed by atoms with Gasteiger partial charge in [0.1, 0.15) is 11.3 Å². The van der Waals surface area contributed by atoms with Crippen LogP contribution in [0.5, 0.6) is 0 Å². The van der Waals surface area contributed by atoms with Crippen LogP contribution in [0.4, 0.5) is 17.1 Å². The molecule has 2 heterocycles. The highest BCUT2D eigenvalue weighted by molar-refractivity contribution is 7.85. The van der Waals surface area contributed by atoms with E-state index in [1.165, 1.54) is 12.1 Å². The highest BCUT2D eigenvalue weighted by atomic mass is 32.2. The maximum Gasteiger partial charge on any atom is 0.335 e. The third kappa shape index (κ3) is 5.26. The molecule has 5 aromatic carbocycles. The van der Waals surface area contributed by atoms with E-state index in [9.17, 15) is 22.9 Å². The van der Waals surface area contributed by atoms with Gasteiger partial charge in [-0.05, 0) is 77.2 Å². The zero-order chi connectivity index (χ0) is 36.7. The van der Waals surface area contributed by atoms with Crippen molar-refractivity contribution in [3.05, 3.63) is 125 Å². The van der Waals surface area contributed by atoms with Crippen molar-refractivity contribution < 1.29 is 27.3 Å². The number of anilines is 2. The summed E-state index contributed by atoms with van der Waals surface area (Å²) in [4.78, 5) is 18.9. The second-order valence-corrected chi connectivity index (χ2v) is 16.3. The lowest BCUT2D eigenvalue weighted by atomic mass is 9.77. The molecule has 0 amide bonds. The Hall–Kier alpha value is -5.51. The Morgan fingerprint density at radius 1 is 0.865 bits per heavy atom. The van der Waals surface area contributed by atoms with Crippen molar-refractivity contribution in [1.82, 2.24) is 0 Å². The normalized spacial score (nSPS) is 14.9. The first kappa shape index (κ1) is 33.6. The third-order valence-electron chi connectivity index (χ3n) is 10.7. The molecule has 8 nitrogen and oxygen atoms in total. The molecule has 0 fully saturated rings. The maximum atomic E-state index is 11.9. The summed E-state index contributed by atoms with van der Waals surface area (Å²) < 4.78 is 40.7. The molecular weight excluding hydrogens is 673 g/mol. The number of hydrogen-bond donors (Lipinski definition) is 2. The number of carboxylic acids is 1. The fourth-order valence-corrected chi connectivity index (χ4v) is 8.28. The molecule has 0 saturated heterocycles. The van der Waals surface area contributed by atoms with E-state index in [0.717, 1.165) is 78.1 Å². The van der Waals surface area contributed by atoms with Crippen LogP contribution in [-0.2, 0) is 20.9 Å². The molecule has 0 atom stereocenters. The number of carbonyl (C=O) groups is 1. The summed E-state index contributed by atoms with van der Waals surface area (Å²) in [5.74, 6) is -0.235. The predicted molar refractivity (Wildman–Crippen MR) is 206 cm³/mol. The number of fused-ring (bicyclic) bond motifs is 9. The molecule has 0 unspecified atom stereocenters. The Morgan fingerprint density at radius 3 is 2.10 bits per heavy atom. The van der Waals surface area contributed by atoms with Crippen LogP contribution >= 0.6 is 0 Å². The molecule has 52 heavy (non-hydrogen) atoms. The van der Waals surface area contributed by atoms with Crippen LogP contribution in [0.3, 0.4) is 0 Å². The minimum atomic E-state index is -4.34.